The number of methoxy groups -OCH3 is 1. The van der Waals surface area contributed by atoms with Gasteiger partial charge >= 0.3 is 0 Å². The summed E-state index contributed by atoms with van der Waals surface area (Å²) in [5, 5.41) is 3.07. The molecule has 1 heterocycles. The van der Waals surface area contributed by atoms with E-state index in [0.29, 0.717) is 13.0 Å². The number of hydrogen-bond donors (Lipinski definition) is 2. The lowest BCUT2D eigenvalue weighted by Gasteiger charge is -2.29. The number of nitrogens with one attached hydrogen (secondary N) is 1. The van der Waals surface area contributed by atoms with E-state index in [1.807, 2.05) is 25.1 Å². The van der Waals surface area contributed by atoms with Gasteiger partial charge in [-0.3, -0.25) is 9.69 Å². The van der Waals surface area contributed by atoms with E-state index in [1.54, 1.807) is 7.11 Å². The van der Waals surface area contributed by atoms with Crippen LogP contribution in [0.1, 0.15) is 44.2 Å². The number of nitrogens with two attached hydrogens (primary N) is 1. The summed E-state index contributed by atoms with van der Waals surface area (Å²) in [5.74, 6) is 0.954. The minimum absolute atomic E-state index is 0. The molecule has 144 valence electrons. The molecule has 1 aliphatic heterocycles. The van der Waals surface area contributed by atoms with Gasteiger partial charge in [0.2, 0.25) is 5.91 Å². The van der Waals surface area contributed by atoms with Crippen LogP contribution in [0.25, 0.3) is 0 Å². The molecule has 1 amide bonds. The summed E-state index contributed by atoms with van der Waals surface area (Å²) in [7, 11) is 1.70. The van der Waals surface area contributed by atoms with E-state index >= 15 is 0 Å². The van der Waals surface area contributed by atoms with Gasteiger partial charge in [0, 0.05) is 24.6 Å². The molecule has 7 heteroatoms. The van der Waals surface area contributed by atoms with Crippen molar-refractivity contribution in [3.8, 4) is 5.75 Å². The molecule has 1 fully saturated rings. The Hall–Kier alpha value is -1.01. The normalized spacial score (nSPS) is 16.3. The molecule has 1 aliphatic rings. The second kappa shape index (κ2) is 12.4. The summed E-state index contributed by atoms with van der Waals surface area (Å²) in [4.78, 5) is 14.5. The van der Waals surface area contributed by atoms with Crippen LogP contribution in [0.2, 0.25) is 0 Å². The highest BCUT2D eigenvalue weighted by Gasteiger charge is 2.26. The number of amides is 1. The van der Waals surface area contributed by atoms with Crippen molar-refractivity contribution < 1.29 is 9.53 Å². The first-order valence-electron chi connectivity index (χ1n) is 8.51. The fourth-order valence-electron chi connectivity index (χ4n) is 3.09. The van der Waals surface area contributed by atoms with Crippen LogP contribution in [0.4, 0.5) is 0 Å². The van der Waals surface area contributed by atoms with Gasteiger partial charge in [-0.25, -0.2) is 0 Å². The third-order valence-corrected chi connectivity index (χ3v) is 4.40. The molecule has 2 unspecified atom stereocenters. The molecule has 2 atom stereocenters. The number of para-hydroxylation sites is 1. The SMILES string of the molecule is COc1ccccc1C(CNC(=O)CCC(C)N)N1CCCC1.Cl.Cl. The molecule has 3 N–H and O–H groups in total. The van der Waals surface area contributed by atoms with Crippen LogP contribution in [0.15, 0.2) is 24.3 Å². The number of benzene rings is 1. The van der Waals surface area contributed by atoms with Crippen LogP contribution in [0.3, 0.4) is 0 Å². The van der Waals surface area contributed by atoms with Gasteiger partial charge in [0.15, 0.2) is 0 Å². The van der Waals surface area contributed by atoms with Crippen LogP contribution in [-0.4, -0.2) is 43.6 Å². The van der Waals surface area contributed by atoms with Gasteiger partial charge in [0.05, 0.1) is 13.2 Å². The molecule has 0 aromatic heterocycles. The lowest BCUT2D eigenvalue weighted by molar-refractivity contribution is -0.121. The number of carbonyl (C=O) groups excluding carboxylic acids is 1. The molecule has 1 aromatic carbocycles. The number of nitrogens with zero attached hydrogens (tertiary/aromatic N) is 1. The summed E-state index contributed by atoms with van der Waals surface area (Å²) >= 11 is 0. The van der Waals surface area contributed by atoms with Gasteiger partial charge in [0.1, 0.15) is 5.75 Å². The van der Waals surface area contributed by atoms with Crippen molar-refractivity contribution in [3.05, 3.63) is 29.8 Å². The van der Waals surface area contributed by atoms with E-state index in [2.05, 4.69) is 16.3 Å². The fraction of sp³-hybridized carbons (Fsp3) is 0.611. The Morgan fingerprint density at radius 2 is 1.92 bits per heavy atom. The largest absolute Gasteiger partial charge is 0.496 e. The van der Waals surface area contributed by atoms with Gasteiger partial charge in [0.25, 0.3) is 0 Å². The highest BCUT2D eigenvalue weighted by molar-refractivity contribution is 5.85. The average Bonchev–Trinajstić information content (AvgIpc) is 3.08. The second-order valence-corrected chi connectivity index (χ2v) is 6.32. The molecule has 1 aromatic rings. The van der Waals surface area contributed by atoms with Gasteiger partial charge < -0.3 is 15.8 Å². The standard InChI is InChI=1S/C18H29N3O2.2ClH/c1-14(19)9-10-18(22)20-13-16(21-11-5-6-12-21)15-7-3-4-8-17(15)23-2;;/h3-4,7-8,14,16H,5-6,9-13,19H2,1-2H3,(H,20,22);2*1H. The molecule has 1 saturated heterocycles. The van der Waals surface area contributed by atoms with Crippen molar-refractivity contribution in [2.45, 2.75) is 44.7 Å². The maximum atomic E-state index is 12.0. The topological polar surface area (TPSA) is 67.6 Å². The van der Waals surface area contributed by atoms with Gasteiger partial charge in [-0.1, -0.05) is 18.2 Å². The van der Waals surface area contributed by atoms with Crippen molar-refractivity contribution in [3.63, 3.8) is 0 Å². The summed E-state index contributed by atoms with van der Waals surface area (Å²) in [5.41, 5.74) is 6.86. The Bertz CT molecular complexity index is 509. The first-order chi connectivity index (χ1) is 11.1. The van der Waals surface area contributed by atoms with Crippen LogP contribution in [0, 0.1) is 0 Å². The Labute approximate surface area is 163 Å². The lowest BCUT2D eigenvalue weighted by Crippen LogP contribution is -2.37. The van der Waals surface area contributed by atoms with E-state index in [-0.39, 0.29) is 42.8 Å². The van der Waals surface area contributed by atoms with Crippen molar-refractivity contribution in [1.29, 1.82) is 0 Å². The lowest BCUT2D eigenvalue weighted by atomic mass is 10.0. The Morgan fingerprint density at radius 3 is 2.52 bits per heavy atom. The van der Waals surface area contributed by atoms with Crippen molar-refractivity contribution in [2.75, 3.05) is 26.7 Å². The average molecular weight is 392 g/mol. The molecule has 5 nitrogen and oxygen atoms in total. The number of halogens is 2. The Balaban J connectivity index is 0.00000288. The zero-order valence-corrected chi connectivity index (χ0v) is 16.7. The minimum atomic E-state index is 0. The number of hydrogen-bond acceptors (Lipinski definition) is 4. The summed E-state index contributed by atoms with van der Waals surface area (Å²) in [6, 6.07) is 8.30. The second-order valence-electron chi connectivity index (χ2n) is 6.32. The Morgan fingerprint density at radius 1 is 1.28 bits per heavy atom. The third kappa shape index (κ3) is 7.40. The zero-order valence-electron chi connectivity index (χ0n) is 15.1. The quantitative estimate of drug-likeness (QED) is 0.714. The molecule has 0 spiro atoms. The molecular weight excluding hydrogens is 361 g/mol. The fourth-order valence-corrected chi connectivity index (χ4v) is 3.09. The predicted molar refractivity (Wildman–Crippen MR) is 107 cm³/mol. The van der Waals surface area contributed by atoms with Crippen molar-refractivity contribution >= 4 is 30.7 Å². The van der Waals surface area contributed by atoms with Crippen LogP contribution < -0.4 is 15.8 Å². The molecule has 0 saturated carbocycles. The first kappa shape index (κ1) is 24.0. The van der Waals surface area contributed by atoms with E-state index in [0.717, 1.165) is 30.8 Å². The predicted octanol–water partition coefficient (Wildman–Crippen LogP) is 2.92. The van der Waals surface area contributed by atoms with Crippen LogP contribution >= 0.6 is 24.8 Å². The van der Waals surface area contributed by atoms with Gasteiger partial charge in [-0.05, 0) is 45.3 Å². The first-order valence-corrected chi connectivity index (χ1v) is 8.51. The third-order valence-electron chi connectivity index (χ3n) is 4.40. The number of carbonyl (C=O) groups is 1. The van der Waals surface area contributed by atoms with E-state index in [4.69, 9.17) is 10.5 Å². The van der Waals surface area contributed by atoms with E-state index in [1.165, 1.54) is 12.8 Å². The maximum absolute atomic E-state index is 12.0. The molecule has 0 aliphatic carbocycles. The molecule has 0 bridgehead atoms. The summed E-state index contributed by atoms with van der Waals surface area (Å²) in [6.07, 6.45) is 3.62. The monoisotopic (exact) mass is 391 g/mol. The summed E-state index contributed by atoms with van der Waals surface area (Å²) < 4.78 is 5.52. The number of ether oxygens (including phenoxy) is 1. The summed E-state index contributed by atoms with van der Waals surface area (Å²) in [6.45, 7) is 4.67. The van der Waals surface area contributed by atoms with E-state index in [9.17, 15) is 4.79 Å². The smallest absolute Gasteiger partial charge is 0.220 e. The van der Waals surface area contributed by atoms with Crippen LogP contribution in [-0.2, 0) is 4.79 Å². The van der Waals surface area contributed by atoms with Gasteiger partial charge in [-0.2, -0.15) is 0 Å². The molecule has 25 heavy (non-hydrogen) atoms. The molecular formula is C18H31Cl2N3O2. The van der Waals surface area contributed by atoms with Crippen LogP contribution in [0.5, 0.6) is 5.75 Å². The highest BCUT2D eigenvalue weighted by Crippen LogP contribution is 2.31. The molecule has 2 rings (SSSR count). The molecule has 0 radical (unpaired) electrons. The Kier molecular flexibility index (Phi) is 11.9. The minimum Gasteiger partial charge on any atom is -0.496 e. The number of likely N-dealkylation sites (tertiary alicyclic amines) is 1. The number of rotatable bonds is 8. The highest BCUT2D eigenvalue weighted by atomic mass is 35.5. The van der Waals surface area contributed by atoms with Gasteiger partial charge in [-0.15, -0.1) is 24.8 Å². The zero-order chi connectivity index (χ0) is 16.7. The maximum Gasteiger partial charge on any atom is 0.220 e. The van der Waals surface area contributed by atoms with Crippen molar-refractivity contribution in [1.82, 2.24) is 10.2 Å². The van der Waals surface area contributed by atoms with E-state index < -0.39 is 0 Å². The van der Waals surface area contributed by atoms with Crippen molar-refractivity contribution in [2.24, 2.45) is 5.73 Å².